The number of aromatic nitrogens is 1. The zero-order valence-corrected chi connectivity index (χ0v) is 14.0. The summed E-state index contributed by atoms with van der Waals surface area (Å²) in [5.41, 5.74) is 0.934. The van der Waals surface area contributed by atoms with Crippen LogP contribution in [0, 0.1) is 0 Å². The smallest absolute Gasteiger partial charge is 0.346 e. The molecule has 0 bridgehead atoms. The molecule has 4 aromatic rings. The first-order chi connectivity index (χ1) is 12.6. The second-order valence-electron chi connectivity index (χ2n) is 5.88. The van der Waals surface area contributed by atoms with Crippen molar-refractivity contribution < 1.29 is 14.0 Å². The van der Waals surface area contributed by atoms with Crippen LogP contribution in [-0.4, -0.2) is 16.6 Å². The molecule has 124 valence electrons. The fourth-order valence-corrected chi connectivity index (χ4v) is 4.06. The van der Waals surface area contributed by atoms with Crippen molar-refractivity contribution in [3.05, 3.63) is 87.5 Å². The molecule has 0 unspecified atom stereocenters. The molecule has 2 aromatic heterocycles. The van der Waals surface area contributed by atoms with Crippen LogP contribution in [0.25, 0.3) is 20.8 Å². The second-order valence-corrected chi connectivity index (χ2v) is 6.91. The summed E-state index contributed by atoms with van der Waals surface area (Å²) in [6, 6.07) is 15.4. The fraction of sp³-hybridized carbons (Fsp3) is 0. The van der Waals surface area contributed by atoms with Crippen LogP contribution in [0.1, 0.15) is 32.0 Å². The first kappa shape index (κ1) is 14.9. The van der Waals surface area contributed by atoms with E-state index in [4.69, 9.17) is 4.42 Å². The quantitative estimate of drug-likeness (QED) is 0.456. The van der Waals surface area contributed by atoms with Gasteiger partial charge in [0, 0.05) is 11.1 Å². The SMILES string of the molecule is O=C1c2ccccc2C(=O)c2oc(=O)c(-c3nc4ccccc4s3)cc21. The number of ketones is 2. The van der Waals surface area contributed by atoms with E-state index in [0.29, 0.717) is 10.6 Å². The maximum absolute atomic E-state index is 12.8. The van der Waals surface area contributed by atoms with Gasteiger partial charge in [-0.25, -0.2) is 9.78 Å². The number of thiazole rings is 1. The maximum Gasteiger partial charge on any atom is 0.346 e. The largest absolute Gasteiger partial charge is 0.418 e. The number of carbonyl (C=O) groups is 2. The molecule has 0 radical (unpaired) electrons. The molecule has 0 fully saturated rings. The molecule has 0 saturated heterocycles. The highest BCUT2D eigenvalue weighted by molar-refractivity contribution is 7.21. The Bertz CT molecular complexity index is 1270. The molecule has 5 nitrogen and oxygen atoms in total. The van der Waals surface area contributed by atoms with Crippen molar-refractivity contribution in [3.8, 4) is 10.6 Å². The Morgan fingerprint density at radius 2 is 1.46 bits per heavy atom. The zero-order valence-electron chi connectivity index (χ0n) is 13.2. The van der Waals surface area contributed by atoms with Gasteiger partial charge in [-0.15, -0.1) is 11.3 Å². The number of rotatable bonds is 1. The highest BCUT2D eigenvalue weighted by atomic mass is 32.1. The summed E-state index contributed by atoms with van der Waals surface area (Å²) in [6.07, 6.45) is 0. The summed E-state index contributed by atoms with van der Waals surface area (Å²) in [6.45, 7) is 0. The first-order valence-corrected chi connectivity index (χ1v) is 8.67. The lowest BCUT2D eigenvalue weighted by Crippen LogP contribution is -2.23. The van der Waals surface area contributed by atoms with Crippen molar-refractivity contribution in [2.75, 3.05) is 0 Å². The van der Waals surface area contributed by atoms with E-state index >= 15 is 0 Å². The molecule has 26 heavy (non-hydrogen) atoms. The summed E-state index contributed by atoms with van der Waals surface area (Å²) >= 11 is 1.34. The molecule has 2 heterocycles. The molecule has 0 atom stereocenters. The van der Waals surface area contributed by atoms with Crippen molar-refractivity contribution in [2.24, 2.45) is 0 Å². The lowest BCUT2D eigenvalue weighted by atomic mass is 9.87. The van der Waals surface area contributed by atoms with Crippen molar-refractivity contribution in [2.45, 2.75) is 0 Å². The van der Waals surface area contributed by atoms with E-state index in [1.165, 1.54) is 17.4 Å². The molecule has 6 heteroatoms. The van der Waals surface area contributed by atoms with Crippen molar-refractivity contribution in [3.63, 3.8) is 0 Å². The predicted molar refractivity (Wildman–Crippen MR) is 96.9 cm³/mol. The van der Waals surface area contributed by atoms with Gasteiger partial charge in [0.15, 0.2) is 11.5 Å². The summed E-state index contributed by atoms with van der Waals surface area (Å²) in [4.78, 5) is 42.3. The minimum Gasteiger partial charge on any atom is -0.418 e. The molecule has 1 aliphatic rings. The number of benzene rings is 2. The van der Waals surface area contributed by atoms with Gasteiger partial charge in [0.25, 0.3) is 0 Å². The second kappa shape index (κ2) is 5.31. The van der Waals surface area contributed by atoms with Gasteiger partial charge in [0.05, 0.1) is 21.3 Å². The summed E-state index contributed by atoms with van der Waals surface area (Å²) < 4.78 is 6.19. The Morgan fingerprint density at radius 3 is 2.23 bits per heavy atom. The fourth-order valence-electron chi connectivity index (χ4n) is 3.09. The minimum absolute atomic E-state index is 0.0996. The molecule has 0 N–H and O–H groups in total. The van der Waals surface area contributed by atoms with Crippen molar-refractivity contribution in [1.82, 2.24) is 4.98 Å². The summed E-state index contributed by atoms with van der Waals surface area (Å²) in [5, 5.41) is 0.460. The molecule has 0 amide bonds. The number of hydrogen-bond donors (Lipinski definition) is 0. The Morgan fingerprint density at radius 1 is 0.769 bits per heavy atom. The van der Waals surface area contributed by atoms with Gasteiger partial charge >= 0.3 is 5.63 Å². The van der Waals surface area contributed by atoms with E-state index in [9.17, 15) is 14.4 Å². The number of carbonyl (C=O) groups excluding carboxylic acids is 2. The highest BCUT2D eigenvalue weighted by Crippen LogP contribution is 2.32. The van der Waals surface area contributed by atoms with Crippen molar-refractivity contribution in [1.29, 1.82) is 0 Å². The minimum atomic E-state index is -0.677. The lowest BCUT2D eigenvalue weighted by molar-refractivity contribution is 0.0953. The van der Waals surface area contributed by atoms with Gasteiger partial charge < -0.3 is 4.42 Å². The summed E-state index contributed by atoms with van der Waals surface area (Å²) in [7, 11) is 0. The Labute approximate surface area is 150 Å². The van der Waals surface area contributed by atoms with E-state index in [-0.39, 0.29) is 28.2 Å². The summed E-state index contributed by atoms with van der Waals surface area (Å²) in [5.74, 6) is -0.993. The molecule has 0 saturated carbocycles. The predicted octanol–water partition coefficient (Wildman–Crippen LogP) is 3.69. The van der Waals surface area contributed by atoms with E-state index in [1.54, 1.807) is 24.3 Å². The van der Waals surface area contributed by atoms with Crippen LogP contribution >= 0.6 is 11.3 Å². The normalized spacial score (nSPS) is 12.9. The van der Waals surface area contributed by atoms with E-state index in [2.05, 4.69) is 4.98 Å². The van der Waals surface area contributed by atoms with E-state index in [0.717, 1.165) is 10.2 Å². The molecule has 0 aliphatic heterocycles. The Balaban J connectivity index is 1.75. The van der Waals surface area contributed by atoms with Gasteiger partial charge in [-0.1, -0.05) is 36.4 Å². The topological polar surface area (TPSA) is 77.2 Å². The molecule has 1 aliphatic carbocycles. The Hall–Kier alpha value is -3.38. The maximum atomic E-state index is 12.8. The van der Waals surface area contributed by atoms with Crippen LogP contribution in [0.3, 0.4) is 0 Å². The van der Waals surface area contributed by atoms with Gasteiger partial charge in [0.2, 0.25) is 5.78 Å². The van der Waals surface area contributed by atoms with Gasteiger partial charge in [0.1, 0.15) is 5.01 Å². The number of hydrogen-bond acceptors (Lipinski definition) is 6. The van der Waals surface area contributed by atoms with Crippen LogP contribution in [0.5, 0.6) is 0 Å². The van der Waals surface area contributed by atoms with E-state index < -0.39 is 11.4 Å². The van der Waals surface area contributed by atoms with Crippen LogP contribution in [-0.2, 0) is 0 Å². The van der Waals surface area contributed by atoms with Crippen LogP contribution in [0.15, 0.2) is 63.8 Å². The average Bonchev–Trinajstić information content (AvgIpc) is 3.09. The molecular formula is C20H9NO4S. The zero-order chi connectivity index (χ0) is 17.8. The van der Waals surface area contributed by atoms with E-state index in [1.807, 2.05) is 24.3 Å². The van der Waals surface area contributed by atoms with Crippen LogP contribution in [0.4, 0.5) is 0 Å². The van der Waals surface area contributed by atoms with Crippen molar-refractivity contribution >= 4 is 33.1 Å². The molecule has 2 aromatic carbocycles. The van der Waals surface area contributed by atoms with Crippen LogP contribution in [0.2, 0.25) is 0 Å². The highest BCUT2D eigenvalue weighted by Gasteiger charge is 2.33. The number of fused-ring (bicyclic) bond motifs is 3. The number of nitrogens with zero attached hydrogens (tertiary/aromatic N) is 1. The monoisotopic (exact) mass is 359 g/mol. The Kier molecular flexibility index (Phi) is 3.05. The third-order valence-corrected chi connectivity index (χ3v) is 5.41. The lowest BCUT2D eigenvalue weighted by Gasteiger charge is -2.15. The van der Waals surface area contributed by atoms with Gasteiger partial charge in [-0.2, -0.15) is 0 Å². The standard InChI is InChI=1S/C20H9NO4S/c22-16-10-5-1-2-6-11(10)17(23)18-12(16)9-13(20(24)25-18)19-21-14-7-3-4-8-15(14)26-19/h1-9H. The number of para-hydroxylation sites is 1. The molecule has 0 spiro atoms. The average molecular weight is 359 g/mol. The van der Waals surface area contributed by atoms with Crippen LogP contribution < -0.4 is 5.63 Å². The first-order valence-electron chi connectivity index (χ1n) is 7.86. The van der Waals surface area contributed by atoms with Gasteiger partial charge in [-0.05, 0) is 18.2 Å². The third-order valence-electron chi connectivity index (χ3n) is 4.34. The third kappa shape index (κ3) is 2.02. The van der Waals surface area contributed by atoms with Gasteiger partial charge in [-0.3, -0.25) is 9.59 Å². The molecular weight excluding hydrogens is 350 g/mol. The molecule has 5 rings (SSSR count).